The van der Waals surface area contributed by atoms with Gasteiger partial charge in [0.25, 0.3) is 0 Å². The van der Waals surface area contributed by atoms with Crippen molar-refractivity contribution < 1.29 is 4.52 Å². The molecular formula is C12H8N3O. The van der Waals surface area contributed by atoms with Crippen LogP contribution in [0.1, 0.15) is 0 Å². The van der Waals surface area contributed by atoms with Gasteiger partial charge in [0.15, 0.2) is 0 Å². The van der Waals surface area contributed by atoms with Crippen LogP contribution in [0, 0.1) is 6.07 Å². The lowest BCUT2D eigenvalue weighted by Crippen LogP contribution is -1.85. The van der Waals surface area contributed by atoms with Crippen LogP contribution >= 0.6 is 0 Å². The largest absolute Gasteiger partial charge is 0.364 e. The molecule has 0 aliphatic rings. The molecule has 1 aromatic carbocycles. The van der Waals surface area contributed by atoms with Crippen molar-refractivity contribution in [3.8, 4) is 22.5 Å². The lowest BCUT2D eigenvalue weighted by atomic mass is 10.0. The Kier molecular flexibility index (Phi) is 2.04. The van der Waals surface area contributed by atoms with E-state index in [2.05, 4.69) is 21.4 Å². The SMILES string of the molecule is [c]1cccc(-c2cc[nH]n2)c1-c1ccon1. The highest BCUT2D eigenvalue weighted by Crippen LogP contribution is 2.28. The Labute approximate surface area is 91.9 Å². The molecule has 0 aliphatic carbocycles. The second kappa shape index (κ2) is 3.66. The van der Waals surface area contributed by atoms with Crippen molar-refractivity contribution in [2.75, 3.05) is 0 Å². The standard InChI is InChI=1S/C12H8N3O/c1-2-4-10(12-6-8-16-15-12)9(3-1)11-5-7-13-14-11/h1-3,5-8H,(H,13,14). The number of benzene rings is 1. The van der Waals surface area contributed by atoms with E-state index in [9.17, 15) is 0 Å². The van der Waals surface area contributed by atoms with Crippen LogP contribution in [0.3, 0.4) is 0 Å². The van der Waals surface area contributed by atoms with Gasteiger partial charge in [-0.1, -0.05) is 23.4 Å². The van der Waals surface area contributed by atoms with E-state index in [1.54, 1.807) is 12.5 Å². The number of rotatable bonds is 2. The minimum atomic E-state index is 0.763. The molecule has 16 heavy (non-hydrogen) atoms. The first-order chi connectivity index (χ1) is 7.95. The summed E-state index contributed by atoms with van der Waals surface area (Å²) in [4.78, 5) is 0. The summed E-state index contributed by atoms with van der Waals surface area (Å²) < 4.78 is 4.84. The molecule has 0 saturated heterocycles. The van der Waals surface area contributed by atoms with Gasteiger partial charge in [-0.25, -0.2) is 0 Å². The van der Waals surface area contributed by atoms with E-state index in [-0.39, 0.29) is 0 Å². The first-order valence-electron chi connectivity index (χ1n) is 4.87. The van der Waals surface area contributed by atoms with Gasteiger partial charge in [-0.2, -0.15) is 5.10 Å². The zero-order valence-electron chi connectivity index (χ0n) is 8.34. The average molecular weight is 210 g/mol. The average Bonchev–Trinajstić information content (AvgIpc) is 3.03. The number of nitrogens with one attached hydrogen (secondary N) is 1. The number of aromatic amines is 1. The van der Waals surface area contributed by atoms with Crippen molar-refractivity contribution in [3.63, 3.8) is 0 Å². The Bertz CT molecular complexity index is 517. The fourth-order valence-electron chi connectivity index (χ4n) is 1.61. The number of hydrogen-bond donors (Lipinski definition) is 1. The lowest BCUT2D eigenvalue weighted by Gasteiger charge is -2.02. The van der Waals surface area contributed by atoms with Crippen LogP contribution in [0.15, 0.2) is 47.3 Å². The van der Waals surface area contributed by atoms with E-state index >= 15 is 0 Å². The van der Waals surface area contributed by atoms with Gasteiger partial charge < -0.3 is 4.52 Å². The minimum Gasteiger partial charge on any atom is -0.364 e. The van der Waals surface area contributed by atoms with E-state index in [0.29, 0.717) is 0 Å². The molecule has 0 atom stereocenters. The molecule has 0 aliphatic heterocycles. The maximum atomic E-state index is 4.84. The highest BCUT2D eigenvalue weighted by Gasteiger charge is 2.10. The highest BCUT2D eigenvalue weighted by atomic mass is 16.5. The summed E-state index contributed by atoms with van der Waals surface area (Å²) in [5.41, 5.74) is 3.51. The monoisotopic (exact) mass is 210 g/mol. The number of H-pyrrole nitrogens is 1. The van der Waals surface area contributed by atoms with Gasteiger partial charge in [0.2, 0.25) is 0 Å². The minimum absolute atomic E-state index is 0.763. The summed E-state index contributed by atoms with van der Waals surface area (Å²) in [7, 11) is 0. The van der Waals surface area contributed by atoms with E-state index in [1.165, 1.54) is 0 Å². The quantitative estimate of drug-likeness (QED) is 0.707. The molecule has 1 radical (unpaired) electrons. The zero-order chi connectivity index (χ0) is 10.8. The summed E-state index contributed by atoms with van der Waals surface area (Å²) >= 11 is 0. The van der Waals surface area contributed by atoms with Crippen molar-refractivity contribution in [2.45, 2.75) is 0 Å². The Morgan fingerprint density at radius 3 is 2.94 bits per heavy atom. The highest BCUT2D eigenvalue weighted by molar-refractivity contribution is 5.79. The topological polar surface area (TPSA) is 54.7 Å². The number of aromatic nitrogens is 3. The van der Waals surface area contributed by atoms with E-state index in [0.717, 1.165) is 22.5 Å². The fourth-order valence-corrected chi connectivity index (χ4v) is 1.61. The van der Waals surface area contributed by atoms with Crippen molar-refractivity contribution >= 4 is 0 Å². The molecule has 4 heteroatoms. The fraction of sp³-hybridized carbons (Fsp3) is 0. The van der Waals surface area contributed by atoms with Crippen LogP contribution < -0.4 is 0 Å². The summed E-state index contributed by atoms with van der Waals surface area (Å²) in [5, 5.41) is 10.9. The third-order valence-electron chi connectivity index (χ3n) is 2.33. The van der Waals surface area contributed by atoms with Gasteiger partial charge in [0.05, 0.1) is 5.69 Å². The molecule has 0 bridgehead atoms. The molecule has 0 spiro atoms. The molecule has 0 fully saturated rings. The van der Waals surface area contributed by atoms with Crippen molar-refractivity contribution in [3.05, 3.63) is 48.9 Å². The normalized spacial score (nSPS) is 10.5. The molecule has 77 valence electrons. The second-order valence-corrected chi connectivity index (χ2v) is 3.30. The third-order valence-corrected chi connectivity index (χ3v) is 2.33. The van der Waals surface area contributed by atoms with Gasteiger partial charge >= 0.3 is 0 Å². The van der Waals surface area contributed by atoms with E-state index in [4.69, 9.17) is 4.52 Å². The first-order valence-corrected chi connectivity index (χ1v) is 4.87. The van der Waals surface area contributed by atoms with Gasteiger partial charge in [0, 0.05) is 23.4 Å². The van der Waals surface area contributed by atoms with Crippen LogP contribution in [0.2, 0.25) is 0 Å². The zero-order valence-corrected chi connectivity index (χ0v) is 8.34. The van der Waals surface area contributed by atoms with Gasteiger partial charge in [0.1, 0.15) is 12.0 Å². The lowest BCUT2D eigenvalue weighted by molar-refractivity contribution is 0.422. The molecule has 2 heterocycles. The Morgan fingerprint density at radius 2 is 2.19 bits per heavy atom. The maximum Gasteiger partial charge on any atom is 0.124 e. The second-order valence-electron chi connectivity index (χ2n) is 3.30. The van der Waals surface area contributed by atoms with Crippen LogP contribution in [0.25, 0.3) is 22.5 Å². The molecule has 0 saturated carbocycles. The Balaban J connectivity index is 2.19. The van der Waals surface area contributed by atoms with Gasteiger partial charge in [-0.15, -0.1) is 0 Å². The predicted molar refractivity (Wildman–Crippen MR) is 58.4 cm³/mol. The molecule has 4 nitrogen and oxygen atoms in total. The molecule has 3 aromatic rings. The smallest absolute Gasteiger partial charge is 0.124 e. The Morgan fingerprint density at radius 1 is 1.19 bits per heavy atom. The van der Waals surface area contributed by atoms with Crippen molar-refractivity contribution in [1.82, 2.24) is 15.4 Å². The molecule has 3 rings (SSSR count). The van der Waals surface area contributed by atoms with Gasteiger partial charge in [-0.05, 0) is 12.1 Å². The molecule has 2 aromatic heterocycles. The summed E-state index contributed by atoms with van der Waals surface area (Å²) in [6, 6.07) is 12.6. The van der Waals surface area contributed by atoms with Gasteiger partial charge in [-0.3, -0.25) is 5.10 Å². The molecule has 0 amide bonds. The van der Waals surface area contributed by atoms with Crippen LogP contribution in [0.5, 0.6) is 0 Å². The summed E-state index contributed by atoms with van der Waals surface area (Å²) in [5.74, 6) is 0. The first kappa shape index (κ1) is 8.91. The summed E-state index contributed by atoms with van der Waals surface area (Å²) in [6.07, 6.45) is 3.33. The number of nitrogens with zero attached hydrogens (tertiary/aromatic N) is 2. The Hall–Kier alpha value is -2.36. The molecule has 1 N–H and O–H groups in total. The van der Waals surface area contributed by atoms with Crippen LogP contribution in [0.4, 0.5) is 0 Å². The molecular weight excluding hydrogens is 202 g/mol. The maximum absolute atomic E-state index is 4.84. The van der Waals surface area contributed by atoms with E-state index in [1.807, 2.05) is 30.3 Å². The van der Waals surface area contributed by atoms with Crippen molar-refractivity contribution in [1.29, 1.82) is 0 Å². The third kappa shape index (κ3) is 1.40. The molecule has 0 unspecified atom stereocenters. The van der Waals surface area contributed by atoms with Crippen LogP contribution in [-0.2, 0) is 0 Å². The number of hydrogen-bond acceptors (Lipinski definition) is 3. The van der Waals surface area contributed by atoms with Crippen LogP contribution in [-0.4, -0.2) is 15.4 Å². The van der Waals surface area contributed by atoms with Crippen molar-refractivity contribution in [2.24, 2.45) is 0 Å². The predicted octanol–water partition coefficient (Wildman–Crippen LogP) is 2.53. The summed E-state index contributed by atoms with van der Waals surface area (Å²) in [6.45, 7) is 0. The van der Waals surface area contributed by atoms with E-state index < -0.39 is 0 Å².